The van der Waals surface area contributed by atoms with E-state index >= 15 is 0 Å². The molecule has 0 aromatic heterocycles. The van der Waals surface area contributed by atoms with Gasteiger partial charge < -0.3 is 9.64 Å². The second-order valence-electron chi connectivity index (χ2n) is 6.12. The smallest absolute Gasteiger partial charge is 0.228 e. The highest BCUT2D eigenvalue weighted by molar-refractivity contribution is 8.17. The van der Waals surface area contributed by atoms with Crippen LogP contribution < -0.4 is 9.64 Å². The fourth-order valence-electron chi connectivity index (χ4n) is 2.73. The number of hydrogen-bond acceptors (Lipinski definition) is 4. The van der Waals surface area contributed by atoms with E-state index < -0.39 is 0 Å². The fourth-order valence-corrected chi connectivity index (χ4v) is 5.28. The standard InChI is InChI=1S/C23H23NO2S2/c1-24(20-15-9-10-16-21(20)26-2)22(25)17-23(27-18-11-5-3-6-12-18)28-19-13-7-4-8-14-19/h3-16,23H,17H2,1-2H3. The zero-order valence-electron chi connectivity index (χ0n) is 15.9. The molecule has 0 heterocycles. The Kier molecular flexibility index (Phi) is 7.46. The van der Waals surface area contributed by atoms with Crippen molar-refractivity contribution in [2.24, 2.45) is 0 Å². The number of carbonyl (C=O) groups is 1. The van der Waals surface area contributed by atoms with Gasteiger partial charge >= 0.3 is 0 Å². The first-order valence-electron chi connectivity index (χ1n) is 9.00. The topological polar surface area (TPSA) is 29.5 Å². The number of methoxy groups -OCH3 is 1. The number of thioether (sulfide) groups is 2. The Labute approximate surface area is 175 Å². The third kappa shape index (κ3) is 5.57. The first-order chi connectivity index (χ1) is 13.7. The number of anilines is 1. The van der Waals surface area contributed by atoms with Gasteiger partial charge in [0.15, 0.2) is 0 Å². The van der Waals surface area contributed by atoms with Crippen molar-refractivity contribution in [2.45, 2.75) is 20.8 Å². The van der Waals surface area contributed by atoms with Gasteiger partial charge in [-0.3, -0.25) is 4.79 Å². The van der Waals surface area contributed by atoms with Gasteiger partial charge in [0, 0.05) is 23.3 Å². The Balaban J connectivity index is 1.76. The highest BCUT2D eigenvalue weighted by Gasteiger charge is 2.21. The summed E-state index contributed by atoms with van der Waals surface area (Å²) in [6.45, 7) is 0. The van der Waals surface area contributed by atoms with Crippen LogP contribution >= 0.6 is 23.5 Å². The second-order valence-corrected chi connectivity index (χ2v) is 8.97. The lowest BCUT2D eigenvalue weighted by molar-refractivity contribution is -0.118. The summed E-state index contributed by atoms with van der Waals surface area (Å²) in [7, 11) is 3.42. The maximum absolute atomic E-state index is 13.0. The van der Waals surface area contributed by atoms with Crippen molar-refractivity contribution in [1.29, 1.82) is 0 Å². The zero-order chi connectivity index (χ0) is 19.8. The van der Waals surface area contributed by atoms with Gasteiger partial charge in [-0.1, -0.05) is 48.5 Å². The molecule has 3 nitrogen and oxygen atoms in total. The molecule has 0 saturated heterocycles. The lowest BCUT2D eigenvalue weighted by Crippen LogP contribution is -2.28. The van der Waals surface area contributed by atoms with Crippen LogP contribution in [0.25, 0.3) is 0 Å². The van der Waals surface area contributed by atoms with Gasteiger partial charge in [0.25, 0.3) is 0 Å². The summed E-state index contributed by atoms with van der Waals surface area (Å²) >= 11 is 3.44. The first-order valence-corrected chi connectivity index (χ1v) is 10.8. The van der Waals surface area contributed by atoms with Gasteiger partial charge in [0.1, 0.15) is 5.75 Å². The Hall–Kier alpha value is -2.37. The van der Waals surface area contributed by atoms with Crippen molar-refractivity contribution in [3.8, 4) is 5.75 Å². The number of carbonyl (C=O) groups excluding carboxylic acids is 1. The minimum absolute atomic E-state index is 0.0568. The van der Waals surface area contributed by atoms with Crippen molar-refractivity contribution in [3.63, 3.8) is 0 Å². The summed E-state index contributed by atoms with van der Waals surface area (Å²) in [6, 6.07) is 28.0. The van der Waals surface area contributed by atoms with Crippen LogP contribution in [-0.4, -0.2) is 24.6 Å². The number of rotatable bonds is 8. The van der Waals surface area contributed by atoms with E-state index in [-0.39, 0.29) is 10.5 Å². The molecule has 144 valence electrons. The first kappa shape index (κ1) is 20.4. The van der Waals surface area contributed by atoms with Crippen molar-refractivity contribution in [2.75, 3.05) is 19.1 Å². The summed E-state index contributed by atoms with van der Waals surface area (Å²) in [6.07, 6.45) is 0.410. The van der Waals surface area contributed by atoms with Crippen molar-refractivity contribution in [3.05, 3.63) is 84.9 Å². The molecule has 0 N–H and O–H groups in total. The highest BCUT2D eigenvalue weighted by Crippen LogP contribution is 2.38. The third-order valence-corrected chi connectivity index (χ3v) is 6.71. The van der Waals surface area contributed by atoms with Crippen LogP contribution in [0.3, 0.4) is 0 Å². The van der Waals surface area contributed by atoms with Crippen LogP contribution in [-0.2, 0) is 4.79 Å². The largest absolute Gasteiger partial charge is 0.495 e. The molecule has 0 spiro atoms. The van der Waals surface area contributed by atoms with Crippen LogP contribution in [0.4, 0.5) is 5.69 Å². The van der Waals surface area contributed by atoms with Crippen molar-refractivity contribution in [1.82, 2.24) is 0 Å². The second kappa shape index (κ2) is 10.2. The van der Waals surface area contributed by atoms with E-state index in [0.29, 0.717) is 12.2 Å². The number of nitrogens with zero attached hydrogens (tertiary/aromatic N) is 1. The van der Waals surface area contributed by atoms with Crippen LogP contribution in [0.2, 0.25) is 0 Å². The van der Waals surface area contributed by atoms with Crippen molar-refractivity contribution >= 4 is 35.1 Å². The molecule has 5 heteroatoms. The number of para-hydroxylation sites is 2. The summed E-state index contributed by atoms with van der Waals surface area (Å²) in [5.74, 6) is 0.752. The van der Waals surface area contributed by atoms with E-state index in [0.717, 1.165) is 15.5 Å². The molecule has 3 aromatic carbocycles. The molecule has 0 atom stereocenters. The monoisotopic (exact) mass is 409 g/mol. The van der Waals surface area contributed by atoms with E-state index in [1.54, 1.807) is 42.6 Å². The molecule has 0 fully saturated rings. The number of amides is 1. The molecule has 0 unspecified atom stereocenters. The maximum atomic E-state index is 13.0. The SMILES string of the molecule is COc1ccccc1N(C)C(=O)CC(Sc1ccccc1)Sc1ccccc1. The van der Waals surface area contributed by atoms with Crippen molar-refractivity contribution < 1.29 is 9.53 Å². The van der Waals surface area contributed by atoms with E-state index in [1.807, 2.05) is 60.7 Å². The number of hydrogen-bond donors (Lipinski definition) is 0. The Morgan fingerprint density at radius 2 is 1.36 bits per heavy atom. The molecule has 0 bridgehead atoms. The molecule has 0 aliphatic heterocycles. The molecule has 1 amide bonds. The molecule has 0 aliphatic carbocycles. The summed E-state index contributed by atoms with van der Waals surface area (Å²) in [5.41, 5.74) is 0.781. The number of ether oxygens (including phenoxy) is 1. The minimum Gasteiger partial charge on any atom is -0.495 e. The van der Waals surface area contributed by atoms with Gasteiger partial charge in [-0.05, 0) is 36.4 Å². The van der Waals surface area contributed by atoms with E-state index in [1.165, 1.54) is 0 Å². The van der Waals surface area contributed by atoms with E-state index in [2.05, 4.69) is 24.3 Å². The molecule has 0 saturated carbocycles. The third-order valence-electron chi connectivity index (χ3n) is 4.18. The van der Waals surface area contributed by atoms with Crippen LogP contribution in [0.15, 0.2) is 94.7 Å². The lowest BCUT2D eigenvalue weighted by atomic mass is 10.2. The molecule has 3 aromatic rings. The lowest BCUT2D eigenvalue weighted by Gasteiger charge is -2.23. The van der Waals surface area contributed by atoms with Crippen LogP contribution in [0, 0.1) is 0 Å². The zero-order valence-corrected chi connectivity index (χ0v) is 17.6. The maximum Gasteiger partial charge on any atom is 0.228 e. The molecule has 0 radical (unpaired) electrons. The quantitative estimate of drug-likeness (QED) is 0.339. The average Bonchev–Trinajstić information content (AvgIpc) is 2.74. The highest BCUT2D eigenvalue weighted by atomic mass is 32.2. The van der Waals surface area contributed by atoms with Gasteiger partial charge in [-0.15, -0.1) is 23.5 Å². The van der Waals surface area contributed by atoms with Crippen LogP contribution in [0.1, 0.15) is 6.42 Å². The van der Waals surface area contributed by atoms with Gasteiger partial charge in [0.2, 0.25) is 5.91 Å². The van der Waals surface area contributed by atoms with E-state index in [9.17, 15) is 4.79 Å². The fraction of sp³-hybridized carbons (Fsp3) is 0.174. The molecule has 3 rings (SSSR count). The molecular weight excluding hydrogens is 386 g/mol. The predicted octanol–water partition coefficient (Wildman–Crippen LogP) is 5.96. The molecular formula is C23H23NO2S2. The van der Waals surface area contributed by atoms with Gasteiger partial charge in [-0.25, -0.2) is 0 Å². The average molecular weight is 410 g/mol. The Bertz CT molecular complexity index is 846. The summed E-state index contributed by atoms with van der Waals surface area (Å²) in [5, 5.41) is 0. The number of benzene rings is 3. The van der Waals surface area contributed by atoms with Gasteiger partial charge in [-0.2, -0.15) is 0 Å². The van der Waals surface area contributed by atoms with Gasteiger partial charge in [0.05, 0.1) is 17.4 Å². The van der Waals surface area contributed by atoms with E-state index in [4.69, 9.17) is 4.74 Å². The predicted molar refractivity (Wildman–Crippen MR) is 119 cm³/mol. The molecule has 28 heavy (non-hydrogen) atoms. The molecule has 0 aliphatic rings. The Morgan fingerprint density at radius 3 is 1.89 bits per heavy atom. The summed E-state index contributed by atoms with van der Waals surface area (Å²) < 4.78 is 5.47. The minimum atomic E-state index is 0.0568. The van der Waals surface area contributed by atoms with Crippen LogP contribution in [0.5, 0.6) is 5.75 Å². The Morgan fingerprint density at radius 1 is 0.857 bits per heavy atom. The normalized spacial score (nSPS) is 10.7. The summed E-state index contributed by atoms with van der Waals surface area (Å²) in [4.78, 5) is 17.0.